The van der Waals surface area contributed by atoms with Gasteiger partial charge in [-0.3, -0.25) is 0 Å². The topological polar surface area (TPSA) is 29.3 Å². The van der Waals surface area contributed by atoms with Crippen LogP contribution in [-0.2, 0) is 0 Å². The van der Waals surface area contributed by atoms with Gasteiger partial charge >= 0.3 is 0 Å². The predicted molar refractivity (Wildman–Crippen MR) is 57.6 cm³/mol. The van der Waals surface area contributed by atoms with Crippen LogP contribution in [0.5, 0.6) is 0 Å². The smallest absolute Gasteiger partial charge is 0.00397 e. The second-order valence-electron chi connectivity index (χ2n) is 4.12. The number of nitrogens with two attached hydrogens (primary N) is 1. The maximum absolute atomic E-state index is 5.88. The largest absolute Gasteiger partial charge is 0.328 e. The monoisotopic (exact) mass is 182 g/mol. The average Bonchev–Trinajstić information content (AvgIpc) is 2.15. The minimum absolute atomic E-state index is 0.376. The average molecular weight is 182 g/mol. The molecule has 0 aromatic carbocycles. The van der Waals surface area contributed by atoms with E-state index in [9.17, 15) is 0 Å². The Balaban J connectivity index is 2.18. The predicted octanol–water partition coefficient (Wildman–Crippen LogP) is 1.62. The van der Waals surface area contributed by atoms with E-state index in [-0.39, 0.29) is 0 Å². The highest BCUT2D eigenvalue weighted by molar-refractivity contribution is 4.79. The van der Waals surface area contributed by atoms with Gasteiger partial charge in [-0.2, -0.15) is 0 Å². The van der Waals surface area contributed by atoms with Crippen LogP contribution in [0.15, 0.2) is 12.7 Å². The summed E-state index contributed by atoms with van der Waals surface area (Å²) in [6, 6.07) is 0.376. The highest BCUT2D eigenvalue weighted by Gasteiger charge is 2.20. The van der Waals surface area contributed by atoms with Crippen LogP contribution >= 0.6 is 0 Å². The Morgan fingerprint density at radius 1 is 1.54 bits per heavy atom. The second-order valence-corrected chi connectivity index (χ2v) is 4.12. The van der Waals surface area contributed by atoms with Gasteiger partial charge in [0.25, 0.3) is 0 Å². The van der Waals surface area contributed by atoms with Gasteiger partial charge in [0.05, 0.1) is 0 Å². The molecule has 0 amide bonds. The number of nitrogens with zero attached hydrogens (tertiary/aromatic N) is 1. The Hall–Kier alpha value is -0.340. The molecule has 2 N–H and O–H groups in total. The van der Waals surface area contributed by atoms with Crippen molar-refractivity contribution in [2.45, 2.75) is 32.2 Å². The fraction of sp³-hybridized carbons (Fsp3) is 0.818. The van der Waals surface area contributed by atoms with Crippen LogP contribution in [0.3, 0.4) is 0 Å². The van der Waals surface area contributed by atoms with Crippen molar-refractivity contribution in [2.75, 3.05) is 19.6 Å². The van der Waals surface area contributed by atoms with Crippen molar-refractivity contribution in [2.24, 2.45) is 11.7 Å². The third kappa shape index (κ3) is 3.49. The van der Waals surface area contributed by atoms with E-state index in [2.05, 4.69) is 18.4 Å². The van der Waals surface area contributed by atoms with Gasteiger partial charge in [-0.1, -0.05) is 6.08 Å². The molecule has 0 radical (unpaired) electrons. The van der Waals surface area contributed by atoms with Crippen molar-refractivity contribution in [1.82, 2.24) is 4.90 Å². The number of hydrogen-bond donors (Lipinski definition) is 1. The fourth-order valence-electron chi connectivity index (χ4n) is 1.98. The Morgan fingerprint density at radius 3 is 2.62 bits per heavy atom. The van der Waals surface area contributed by atoms with E-state index in [1.165, 1.54) is 32.5 Å². The number of hydrogen-bond acceptors (Lipinski definition) is 2. The van der Waals surface area contributed by atoms with Crippen LogP contribution in [0.2, 0.25) is 0 Å². The van der Waals surface area contributed by atoms with Crippen molar-refractivity contribution in [3.63, 3.8) is 0 Å². The van der Waals surface area contributed by atoms with Crippen LogP contribution in [0.4, 0.5) is 0 Å². The Kier molecular flexibility index (Phi) is 4.46. The quantitative estimate of drug-likeness (QED) is 0.669. The van der Waals surface area contributed by atoms with Gasteiger partial charge in [0, 0.05) is 12.6 Å². The van der Waals surface area contributed by atoms with E-state index >= 15 is 0 Å². The lowest BCUT2D eigenvalue weighted by Gasteiger charge is -2.33. The Labute approximate surface area is 81.8 Å². The first-order valence-corrected chi connectivity index (χ1v) is 5.33. The molecule has 1 aliphatic rings. The lowest BCUT2D eigenvalue weighted by Crippen LogP contribution is -2.39. The van der Waals surface area contributed by atoms with Gasteiger partial charge in [-0.15, -0.1) is 6.58 Å². The zero-order chi connectivity index (χ0) is 9.68. The molecule has 0 bridgehead atoms. The van der Waals surface area contributed by atoms with Crippen LogP contribution in [0.1, 0.15) is 26.2 Å². The van der Waals surface area contributed by atoms with Crippen LogP contribution in [0.25, 0.3) is 0 Å². The zero-order valence-corrected chi connectivity index (χ0v) is 8.71. The molecule has 2 heteroatoms. The van der Waals surface area contributed by atoms with Gasteiger partial charge in [0.15, 0.2) is 0 Å². The molecule has 1 unspecified atom stereocenters. The molecule has 0 aromatic heterocycles. The van der Waals surface area contributed by atoms with Gasteiger partial charge in [-0.25, -0.2) is 0 Å². The van der Waals surface area contributed by atoms with E-state index in [1.807, 2.05) is 6.08 Å². The molecule has 1 rings (SSSR count). The number of rotatable bonds is 4. The first-order chi connectivity index (χ1) is 6.24. The number of likely N-dealkylation sites (tertiary alicyclic amines) is 1. The summed E-state index contributed by atoms with van der Waals surface area (Å²) in [5.41, 5.74) is 5.88. The molecule has 1 fully saturated rings. The summed E-state index contributed by atoms with van der Waals surface area (Å²) in [6.07, 6.45) is 5.66. The van der Waals surface area contributed by atoms with Gasteiger partial charge in [0.2, 0.25) is 0 Å². The van der Waals surface area contributed by atoms with Gasteiger partial charge in [-0.05, 0) is 45.2 Å². The van der Waals surface area contributed by atoms with Gasteiger partial charge in [0.1, 0.15) is 0 Å². The molecule has 1 heterocycles. The molecule has 0 aliphatic carbocycles. The van der Waals surface area contributed by atoms with E-state index in [0.717, 1.165) is 12.3 Å². The molecule has 1 saturated heterocycles. The third-order valence-corrected chi connectivity index (χ3v) is 3.03. The third-order valence-electron chi connectivity index (χ3n) is 3.03. The maximum atomic E-state index is 5.88. The van der Waals surface area contributed by atoms with Gasteiger partial charge < -0.3 is 10.6 Å². The summed E-state index contributed by atoms with van der Waals surface area (Å²) in [4.78, 5) is 2.51. The normalized spacial score (nSPS) is 22.9. The summed E-state index contributed by atoms with van der Waals surface area (Å²) in [5.74, 6) is 0.750. The van der Waals surface area contributed by atoms with E-state index < -0.39 is 0 Å². The Bertz CT molecular complexity index is 146. The van der Waals surface area contributed by atoms with Crippen molar-refractivity contribution >= 4 is 0 Å². The lowest BCUT2D eigenvalue weighted by atomic mass is 9.91. The van der Waals surface area contributed by atoms with Crippen molar-refractivity contribution in [1.29, 1.82) is 0 Å². The molecule has 76 valence electrons. The fourth-order valence-corrected chi connectivity index (χ4v) is 1.98. The van der Waals surface area contributed by atoms with E-state index in [0.29, 0.717) is 6.04 Å². The number of piperidine rings is 1. The summed E-state index contributed by atoms with van der Waals surface area (Å²) in [5, 5.41) is 0. The minimum atomic E-state index is 0.376. The Morgan fingerprint density at radius 2 is 2.15 bits per heavy atom. The highest BCUT2D eigenvalue weighted by atomic mass is 15.1. The summed E-state index contributed by atoms with van der Waals surface area (Å²) < 4.78 is 0. The first-order valence-electron chi connectivity index (χ1n) is 5.33. The minimum Gasteiger partial charge on any atom is -0.328 e. The summed E-state index contributed by atoms with van der Waals surface area (Å²) in [6.45, 7) is 9.49. The highest BCUT2D eigenvalue weighted by Crippen LogP contribution is 2.19. The van der Waals surface area contributed by atoms with E-state index in [4.69, 9.17) is 5.73 Å². The molecular formula is C11H22N2. The zero-order valence-electron chi connectivity index (χ0n) is 8.71. The molecule has 0 spiro atoms. The van der Waals surface area contributed by atoms with Crippen LogP contribution in [-0.4, -0.2) is 30.6 Å². The molecule has 2 nitrogen and oxygen atoms in total. The van der Waals surface area contributed by atoms with Crippen molar-refractivity contribution in [3.05, 3.63) is 12.7 Å². The SMILES string of the molecule is C=CCCN1CCC(C(C)N)CC1. The molecule has 13 heavy (non-hydrogen) atoms. The lowest BCUT2D eigenvalue weighted by molar-refractivity contribution is 0.175. The van der Waals surface area contributed by atoms with E-state index in [1.54, 1.807) is 0 Å². The second kappa shape index (κ2) is 5.40. The van der Waals surface area contributed by atoms with Crippen LogP contribution < -0.4 is 5.73 Å². The molecule has 0 saturated carbocycles. The summed E-state index contributed by atoms with van der Waals surface area (Å²) >= 11 is 0. The molecule has 1 atom stereocenters. The van der Waals surface area contributed by atoms with Crippen molar-refractivity contribution < 1.29 is 0 Å². The summed E-state index contributed by atoms with van der Waals surface area (Å²) in [7, 11) is 0. The first kappa shape index (κ1) is 10.7. The molecular weight excluding hydrogens is 160 g/mol. The van der Waals surface area contributed by atoms with Crippen molar-refractivity contribution in [3.8, 4) is 0 Å². The molecule has 1 aliphatic heterocycles. The van der Waals surface area contributed by atoms with Crippen LogP contribution in [0, 0.1) is 5.92 Å². The maximum Gasteiger partial charge on any atom is 0.00397 e. The molecule has 0 aromatic rings. The standard InChI is InChI=1S/C11H22N2/c1-3-4-7-13-8-5-11(6-9-13)10(2)12/h3,10-11H,1,4-9,12H2,2H3.